The minimum atomic E-state index is 0.154. The largest absolute Gasteiger partial charge is 0.396 e. The molecular weight excluding hydrogens is 210 g/mol. The van der Waals surface area contributed by atoms with Crippen LogP contribution in [-0.4, -0.2) is 23.8 Å². The summed E-state index contributed by atoms with van der Waals surface area (Å²) in [5, 5.41) is 17.5. The fourth-order valence-electron chi connectivity index (χ4n) is 1.08. The molecule has 0 aliphatic rings. The first-order valence-corrected chi connectivity index (χ1v) is 5.53. The van der Waals surface area contributed by atoms with Gasteiger partial charge in [-0.15, -0.1) is 11.8 Å². The number of thioether (sulfide) groups is 1. The molecule has 0 saturated carbocycles. The quantitative estimate of drug-likeness (QED) is 0.468. The number of hydrogen-bond acceptors (Lipinski definition) is 4. The zero-order valence-corrected chi connectivity index (χ0v) is 8.96. The van der Waals surface area contributed by atoms with E-state index in [1.807, 2.05) is 0 Å². The van der Waals surface area contributed by atoms with Crippen molar-refractivity contribution in [3.8, 4) is 6.07 Å². The molecule has 3 nitrogen and oxygen atoms in total. The van der Waals surface area contributed by atoms with Gasteiger partial charge >= 0.3 is 0 Å². The van der Waals surface area contributed by atoms with Crippen molar-refractivity contribution in [2.24, 2.45) is 0 Å². The molecule has 78 valence electrons. The average Bonchev–Trinajstić information content (AvgIpc) is 2.29. The number of aliphatic hydroxyl groups excluding tert-OH is 1. The first kappa shape index (κ1) is 11.8. The number of nitrogens with zero attached hydrogens (tertiary/aromatic N) is 1. The smallest absolute Gasteiger partial charge is 0.150 e. The predicted octanol–water partition coefficient (Wildman–Crippen LogP) is 1.85. The summed E-state index contributed by atoms with van der Waals surface area (Å²) in [5.41, 5.74) is 1.03. The van der Waals surface area contributed by atoms with E-state index >= 15 is 0 Å². The van der Waals surface area contributed by atoms with Crippen molar-refractivity contribution < 1.29 is 9.90 Å². The van der Waals surface area contributed by atoms with Gasteiger partial charge in [0.1, 0.15) is 12.4 Å². The summed E-state index contributed by atoms with van der Waals surface area (Å²) < 4.78 is 0. The van der Waals surface area contributed by atoms with Crippen LogP contribution in [0.25, 0.3) is 0 Å². The third-order valence-corrected chi connectivity index (χ3v) is 2.98. The van der Waals surface area contributed by atoms with Crippen molar-refractivity contribution in [2.45, 2.75) is 11.3 Å². The monoisotopic (exact) mass is 221 g/mol. The lowest BCUT2D eigenvalue weighted by molar-refractivity contribution is 0.112. The Bertz CT molecular complexity index is 385. The Morgan fingerprint density at radius 3 is 2.93 bits per heavy atom. The molecule has 4 heteroatoms. The maximum atomic E-state index is 10.5. The fourth-order valence-corrected chi connectivity index (χ4v) is 2.00. The van der Waals surface area contributed by atoms with Crippen LogP contribution in [0.5, 0.6) is 0 Å². The van der Waals surface area contributed by atoms with E-state index in [1.165, 1.54) is 11.8 Å². The molecule has 0 saturated heterocycles. The highest BCUT2D eigenvalue weighted by molar-refractivity contribution is 7.99. The number of nitriles is 1. The molecule has 1 rings (SSSR count). The van der Waals surface area contributed by atoms with Crippen LogP contribution in [0, 0.1) is 11.3 Å². The summed E-state index contributed by atoms with van der Waals surface area (Å²) in [4.78, 5) is 11.4. The normalized spacial score (nSPS) is 9.60. The van der Waals surface area contributed by atoms with Crippen molar-refractivity contribution in [1.29, 1.82) is 5.26 Å². The van der Waals surface area contributed by atoms with Gasteiger partial charge in [0.2, 0.25) is 0 Å². The van der Waals surface area contributed by atoms with E-state index in [0.29, 0.717) is 17.5 Å². The summed E-state index contributed by atoms with van der Waals surface area (Å²) in [6.07, 6.45) is 1.42. The second kappa shape index (κ2) is 6.23. The zero-order chi connectivity index (χ0) is 11.1. The van der Waals surface area contributed by atoms with Gasteiger partial charge in [-0.1, -0.05) is 6.07 Å². The summed E-state index contributed by atoms with van der Waals surface area (Å²) in [6, 6.07) is 7.09. The first-order chi connectivity index (χ1) is 7.31. The highest BCUT2D eigenvalue weighted by Crippen LogP contribution is 2.23. The fraction of sp³-hybridized carbons (Fsp3) is 0.273. The van der Waals surface area contributed by atoms with Crippen LogP contribution < -0.4 is 0 Å². The second-order valence-corrected chi connectivity index (χ2v) is 4.05. The van der Waals surface area contributed by atoms with Crippen LogP contribution in [-0.2, 0) is 0 Å². The number of hydrogen-bond donors (Lipinski definition) is 1. The van der Waals surface area contributed by atoms with Gasteiger partial charge in [-0.3, -0.25) is 4.79 Å². The van der Waals surface area contributed by atoms with Gasteiger partial charge in [-0.2, -0.15) is 5.26 Å². The molecule has 0 radical (unpaired) electrons. The van der Waals surface area contributed by atoms with Gasteiger partial charge in [0.25, 0.3) is 0 Å². The Hall–Kier alpha value is -1.31. The third-order valence-electron chi connectivity index (χ3n) is 1.82. The highest BCUT2D eigenvalue weighted by Gasteiger charge is 2.03. The van der Waals surface area contributed by atoms with Crippen molar-refractivity contribution in [2.75, 3.05) is 12.4 Å². The van der Waals surface area contributed by atoms with Crippen molar-refractivity contribution in [3.05, 3.63) is 29.3 Å². The molecular formula is C11H11NO2S. The van der Waals surface area contributed by atoms with E-state index < -0.39 is 0 Å². The van der Waals surface area contributed by atoms with E-state index in [9.17, 15) is 4.79 Å². The topological polar surface area (TPSA) is 61.1 Å². The first-order valence-electron chi connectivity index (χ1n) is 4.55. The number of aliphatic hydroxyl groups is 1. The molecule has 1 aromatic carbocycles. The lowest BCUT2D eigenvalue weighted by Crippen LogP contribution is -1.89. The summed E-state index contributed by atoms with van der Waals surface area (Å²) in [6.45, 7) is 0.154. The minimum Gasteiger partial charge on any atom is -0.396 e. The second-order valence-electron chi connectivity index (χ2n) is 2.91. The maximum Gasteiger partial charge on any atom is 0.150 e. The maximum absolute atomic E-state index is 10.5. The Balaban J connectivity index is 2.79. The lowest BCUT2D eigenvalue weighted by atomic mass is 10.1. The van der Waals surface area contributed by atoms with Gasteiger partial charge < -0.3 is 5.11 Å². The van der Waals surface area contributed by atoms with Crippen molar-refractivity contribution in [1.82, 2.24) is 0 Å². The van der Waals surface area contributed by atoms with Gasteiger partial charge in [0.15, 0.2) is 0 Å². The standard InChI is InChI=1S/C11H11NO2S/c12-7-10-6-9(8-14)2-3-11(10)15-5-1-4-13/h2-3,6,8,13H,1,4-5H2. The minimum absolute atomic E-state index is 0.154. The lowest BCUT2D eigenvalue weighted by Gasteiger charge is -2.03. The van der Waals surface area contributed by atoms with Gasteiger partial charge in [-0.05, 0) is 18.6 Å². The molecule has 0 unspecified atom stereocenters. The molecule has 15 heavy (non-hydrogen) atoms. The zero-order valence-electron chi connectivity index (χ0n) is 8.14. The molecule has 0 aliphatic heterocycles. The van der Waals surface area contributed by atoms with Gasteiger partial charge in [-0.25, -0.2) is 0 Å². The van der Waals surface area contributed by atoms with Gasteiger partial charge in [0.05, 0.1) is 5.56 Å². The SMILES string of the molecule is N#Cc1cc(C=O)ccc1SCCCO. The molecule has 0 atom stereocenters. The average molecular weight is 221 g/mol. The molecule has 0 aromatic heterocycles. The van der Waals surface area contributed by atoms with E-state index in [-0.39, 0.29) is 6.61 Å². The molecule has 0 bridgehead atoms. The van der Waals surface area contributed by atoms with Crippen LogP contribution in [0.4, 0.5) is 0 Å². The highest BCUT2D eigenvalue weighted by atomic mass is 32.2. The van der Waals surface area contributed by atoms with Crippen LogP contribution in [0.15, 0.2) is 23.1 Å². The number of carbonyl (C=O) groups excluding carboxylic acids is 1. The van der Waals surface area contributed by atoms with E-state index in [0.717, 1.165) is 16.9 Å². The Morgan fingerprint density at radius 1 is 1.53 bits per heavy atom. The molecule has 0 spiro atoms. The molecule has 0 heterocycles. The van der Waals surface area contributed by atoms with Crippen LogP contribution in [0.1, 0.15) is 22.3 Å². The number of rotatable bonds is 5. The molecule has 0 amide bonds. The van der Waals surface area contributed by atoms with Crippen LogP contribution in [0.2, 0.25) is 0 Å². The van der Waals surface area contributed by atoms with Crippen LogP contribution in [0.3, 0.4) is 0 Å². The number of carbonyl (C=O) groups is 1. The van der Waals surface area contributed by atoms with Crippen molar-refractivity contribution in [3.63, 3.8) is 0 Å². The summed E-state index contributed by atoms with van der Waals surface area (Å²) in [7, 11) is 0. The Morgan fingerprint density at radius 2 is 2.33 bits per heavy atom. The molecule has 0 fully saturated rings. The predicted molar refractivity (Wildman–Crippen MR) is 59.0 cm³/mol. The van der Waals surface area contributed by atoms with Crippen LogP contribution >= 0.6 is 11.8 Å². The Kier molecular flexibility index (Phi) is 4.88. The van der Waals surface area contributed by atoms with Gasteiger partial charge in [0, 0.05) is 22.8 Å². The number of aldehydes is 1. The van der Waals surface area contributed by atoms with E-state index in [2.05, 4.69) is 6.07 Å². The van der Waals surface area contributed by atoms with Crippen molar-refractivity contribution >= 4 is 18.0 Å². The molecule has 0 aliphatic carbocycles. The third kappa shape index (κ3) is 3.39. The Labute approximate surface area is 92.7 Å². The summed E-state index contributed by atoms with van der Waals surface area (Å²) >= 11 is 1.52. The summed E-state index contributed by atoms with van der Waals surface area (Å²) in [5.74, 6) is 0.769. The number of benzene rings is 1. The van der Waals surface area contributed by atoms with E-state index in [4.69, 9.17) is 10.4 Å². The molecule has 1 aromatic rings. The molecule has 1 N–H and O–H groups in total. The van der Waals surface area contributed by atoms with E-state index in [1.54, 1.807) is 18.2 Å².